The molecular weight excluding hydrogens is 442 g/mol. The van der Waals surface area contributed by atoms with Gasteiger partial charge in [-0.05, 0) is 47.8 Å². The zero-order chi connectivity index (χ0) is 20.4. The van der Waals surface area contributed by atoms with Crippen LogP contribution in [0, 0.1) is 5.92 Å². The molecule has 1 amide bonds. The number of aliphatic hydroxyl groups excluding tert-OH is 1. The summed E-state index contributed by atoms with van der Waals surface area (Å²) in [5, 5.41) is 13.5. The topological polar surface area (TPSA) is 106 Å². The first-order chi connectivity index (χ1) is 14.0. The van der Waals surface area contributed by atoms with Crippen LogP contribution in [0.5, 0.6) is 11.5 Å². The third-order valence-electron chi connectivity index (χ3n) is 5.84. The van der Waals surface area contributed by atoms with Gasteiger partial charge in [0.05, 0.1) is 27.9 Å². The Balaban J connectivity index is 1.34. The number of hydrogen-bond acceptors (Lipinski definition) is 7. The molecule has 2 unspecified atom stereocenters. The Kier molecular flexibility index (Phi) is 6.48. The molecule has 3 aliphatic heterocycles. The summed E-state index contributed by atoms with van der Waals surface area (Å²) >= 11 is 3.39. The van der Waals surface area contributed by atoms with Crippen molar-refractivity contribution >= 4 is 27.5 Å². The van der Waals surface area contributed by atoms with Crippen LogP contribution in [-0.2, 0) is 4.74 Å². The number of fused-ring (bicyclic) bond motifs is 1. The van der Waals surface area contributed by atoms with Crippen LogP contribution in [0.25, 0.3) is 0 Å². The number of hydrogen-bond donors (Lipinski definition) is 3. The number of β-amino-alcohol motifs (C(OH)–C–C–N with tert-alkyl or cyclic N) is 1. The number of rotatable bonds is 5. The lowest BCUT2D eigenvalue weighted by Gasteiger charge is -2.37. The molecule has 0 saturated carbocycles. The maximum atomic E-state index is 12.8. The van der Waals surface area contributed by atoms with Crippen LogP contribution < -0.4 is 20.5 Å². The van der Waals surface area contributed by atoms with Crippen molar-refractivity contribution in [2.24, 2.45) is 5.92 Å². The number of nitrogens with two attached hydrogens (primary N) is 1. The molecular formula is C20H28BrN3O5. The number of nitrogens with one attached hydrogen (secondary N) is 1. The predicted octanol–water partition coefficient (Wildman–Crippen LogP) is 1.39. The van der Waals surface area contributed by atoms with Crippen molar-refractivity contribution in [2.75, 3.05) is 51.7 Å². The van der Waals surface area contributed by atoms with Gasteiger partial charge in [-0.15, -0.1) is 0 Å². The van der Waals surface area contributed by atoms with Gasteiger partial charge in [-0.3, -0.25) is 9.69 Å². The molecule has 1 aromatic carbocycles. The molecule has 9 heteroatoms. The van der Waals surface area contributed by atoms with Crippen LogP contribution >= 0.6 is 15.9 Å². The van der Waals surface area contributed by atoms with E-state index in [4.69, 9.17) is 19.9 Å². The van der Waals surface area contributed by atoms with E-state index in [0.717, 1.165) is 39.0 Å². The number of halogens is 1. The summed E-state index contributed by atoms with van der Waals surface area (Å²) in [7, 11) is 0. The number of anilines is 1. The lowest BCUT2D eigenvalue weighted by atomic mass is 9.93. The van der Waals surface area contributed by atoms with Crippen LogP contribution in [0.3, 0.4) is 0 Å². The number of carbonyl (C=O) groups excluding carboxylic acids is 1. The minimum Gasteiger partial charge on any atom is -0.485 e. The van der Waals surface area contributed by atoms with Crippen molar-refractivity contribution in [3.05, 3.63) is 16.1 Å². The molecule has 0 bridgehead atoms. The lowest BCUT2D eigenvalue weighted by molar-refractivity contribution is -0.00192. The second-order valence-corrected chi connectivity index (χ2v) is 8.70. The Bertz CT molecular complexity index is 756. The summed E-state index contributed by atoms with van der Waals surface area (Å²) in [6, 6.07) is 1.59. The van der Waals surface area contributed by atoms with E-state index in [-0.39, 0.29) is 17.9 Å². The highest BCUT2D eigenvalue weighted by Gasteiger charge is 2.31. The molecule has 8 nitrogen and oxygen atoms in total. The largest absolute Gasteiger partial charge is 0.485 e. The number of amides is 1. The standard InChI is InChI=1S/C20H28BrN3O5/c21-17-15(22)8-14(18-19(17)29-7-6-28-18)20(26)23-9-12-3-4-24(11-16(12)25)10-13-2-1-5-27-13/h8,12-13,16,25H,1-7,9-11,22H2,(H,23,26)/t12-,13?,16?/m0/s1. The van der Waals surface area contributed by atoms with Crippen molar-refractivity contribution in [3.8, 4) is 11.5 Å². The number of piperidine rings is 1. The monoisotopic (exact) mass is 469 g/mol. The normalized spacial score (nSPS) is 27.0. The maximum Gasteiger partial charge on any atom is 0.255 e. The van der Waals surface area contributed by atoms with Crippen molar-refractivity contribution in [1.82, 2.24) is 10.2 Å². The molecule has 0 radical (unpaired) electrons. The van der Waals surface area contributed by atoms with E-state index in [1.807, 2.05) is 0 Å². The van der Waals surface area contributed by atoms with Gasteiger partial charge < -0.3 is 30.4 Å². The Morgan fingerprint density at radius 2 is 2.07 bits per heavy atom. The van der Waals surface area contributed by atoms with Crippen LogP contribution in [0.15, 0.2) is 10.5 Å². The lowest BCUT2D eigenvalue weighted by Crippen LogP contribution is -2.49. The number of nitrogen functional groups attached to an aromatic ring is 1. The van der Waals surface area contributed by atoms with E-state index >= 15 is 0 Å². The van der Waals surface area contributed by atoms with Gasteiger partial charge in [0.25, 0.3) is 5.91 Å². The minimum atomic E-state index is -0.478. The Labute approximate surface area is 178 Å². The first kappa shape index (κ1) is 20.7. The number of aliphatic hydroxyl groups is 1. The third kappa shape index (κ3) is 4.63. The second-order valence-electron chi connectivity index (χ2n) is 7.90. The Morgan fingerprint density at radius 1 is 1.28 bits per heavy atom. The van der Waals surface area contributed by atoms with Gasteiger partial charge in [0.1, 0.15) is 13.2 Å². The van der Waals surface area contributed by atoms with E-state index < -0.39 is 6.10 Å². The van der Waals surface area contributed by atoms with E-state index in [9.17, 15) is 9.90 Å². The molecule has 4 N–H and O–H groups in total. The predicted molar refractivity (Wildman–Crippen MR) is 111 cm³/mol. The van der Waals surface area contributed by atoms with E-state index in [2.05, 4.69) is 26.1 Å². The van der Waals surface area contributed by atoms with Gasteiger partial charge in [0.2, 0.25) is 0 Å². The highest BCUT2D eigenvalue weighted by molar-refractivity contribution is 9.10. The van der Waals surface area contributed by atoms with Crippen molar-refractivity contribution < 1.29 is 24.1 Å². The summed E-state index contributed by atoms with van der Waals surface area (Å²) in [4.78, 5) is 15.1. The molecule has 160 valence electrons. The van der Waals surface area contributed by atoms with Gasteiger partial charge in [-0.2, -0.15) is 0 Å². The smallest absolute Gasteiger partial charge is 0.255 e. The van der Waals surface area contributed by atoms with Crippen LogP contribution in [0.2, 0.25) is 0 Å². The first-order valence-corrected chi connectivity index (χ1v) is 11.0. The number of likely N-dealkylation sites (tertiary alicyclic amines) is 1. The minimum absolute atomic E-state index is 0.0143. The van der Waals surface area contributed by atoms with Crippen LogP contribution in [0.4, 0.5) is 5.69 Å². The molecule has 2 saturated heterocycles. The average molecular weight is 470 g/mol. The van der Waals surface area contributed by atoms with Gasteiger partial charge in [-0.1, -0.05) is 0 Å². The van der Waals surface area contributed by atoms with E-state index in [1.165, 1.54) is 0 Å². The Morgan fingerprint density at radius 3 is 2.79 bits per heavy atom. The van der Waals surface area contributed by atoms with Crippen molar-refractivity contribution in [1.29, 1.82) is 0 Å². The fraction of sp³-hybridized carbons (Fsp3) is 0.650. The first-order valence-electron chi connectivity index (χ1n) is 10.2. The maximum absolute atomic E-state index is 12.8. The highest BCUT2D eigenvalue weighted by Crippen LogP contribution is 2.43. The molecule has 0 spiro atoms. The number of carbonyl (C=O) groups is 1. The second kappa shape index (κ2) is 9.07. The average Bonchev–Trinajstić information content (AvgIpc) is 3.23. The third-order valence-corrected chi connectivity index (χ3v) is 6.66. The summed E-state index contributed by atoms with van der Waals surface area (Å²) in [5.41, 5.74) is 6.78. The number of nitrogens with zero attached hydrogens (tertiary/aromatic N) is 1. The van der Waals surface area contributed by atoms with Crippen molar-refractivity contribution in [3.63, 3.8) is 0 Å². The highest BCUT2D eigenvalue weighted by atomic mass is 79.9. The molecule has 2 fully saturated rings. The fourth-order valence-corrected chi connectivity index (χ4v) is 4.62. The zero-order valence-electron chi connectivity index (χ0n) is 16.4. The van der Waals surface area contributed by atoms with Crippen molar-refractivity contribution in [2.45, 2.75) is 31.5 Å². The summed E-state index contributed by atoms with van der Waals surface area (Å²) in [6.45, 7) is 4.41. The van der Waals surface area contributed by atoms with Gasteiger partial charge in [0.15, 0.2) is 11.5 Å². The number of benzene rings is 1. The summed E-state index contributed by atoms with van der Waals surface area (Å²) in [6.07, 6.45) is 2.85. The molecule has 3 aliphatic rings. The molecule has 3 atom stereocenters. The molecule has 3 heterocycles. The SMILES string of the molecule is Nc1cc(C(=O)NC[C@@H]2CCN(CC3CCCO3)CC2O)c2c(c1Br)OCCO2. The molecule has 0 aromatic heterocycles. The number of ether oxygens (including phenoxy) is 3. The molecule has 29 heavy (non-hydrogen) atoms. The summed E-state index contributed by atoms with van der Waals surface area (Å²) in [5.74, 6) is 0.603. The van der Waals surface area contributed by atoms with Gasteiger partial charge >= 0.3 is 0 Å². The van der Waals surface area contributed by atoms with E-state index in [0.29, 0.717) is 53.5 Å². The van der Waals surface area contributed by atoms with Crippen LogP contribution in [0.1, 0.15) is 29.6 Å². The van der Waals surface area contributed by atoms with Crippen LogP contribution in [-0.4, -0.2) is 74.1 Å². The van der Waals surface area contributed by atoms with E-state index in [1.54, 1.807) is 6.07 Å². The van der Waals surface area contributed by atoms with Gasteiger partial charge in [-0.25, -0.2) is 0 Å². The summed E-state index contributed by atoms with van der Waals surface area (Å²) < 4.78 is 17.6. The molecule has 4 rings (SSSR count). The fourth-order valence-electron chi connectivity index (χ4n) is 4.21. The molecule has 1 aromatic rings. The van der Waals surface area contributed by atoms with Gasteiger partial charge in [0, 0.05) is 32.2 Å². The Hall–Kier alpha value is -1.55. The zero-order valence-corrected chi connectivity index (χ0v) is 17.9. The molecule has 0 aliphatic carbocycles. The quantitative estimate of drug-likeness (QED) is 0.559.